The number of rotatable bonds is 10. The zero-order valence-corrected chi connectivity index (χ0v) is 11.0. The van der Waals surface area contributed by atoms with Crippen LogP contribution in [0.15, 0.2) is 0 Å². The molecule has 0 saturated carbocycles. The van der Waals surface area contributed by atoms with E-state index in [0.717, 1.165) is 25.7 Å². The fraction of sp³-hybridized carbons (Fsp3) is 0.923. The lowest BCUT2D eigenvalue weighted by molar-refractivity contribution is -0.298. The number of carbonyl (C=O) groups is 1. The summed E-state index contributed by atoms with van der Waals surface area (Å²) in [6, 6.07) is 0. The molecule has 0 amide bonds. The first-order valence-electron chi connectivity index (χ1n) is 6.60. The van der Waals surface area contributed by atoms with Crippen molar-refractivity contribution < 1.29 is 14.6 Å². The highest BCUT2D eigenvalue weighted by Gasteiger charge is 2.09. The molecule has 0 heterocycles. The Morgan fingerprint density at radius 2 is 1.62 bits per heavy atom. The third-order valence-electron chi connectivity index (χ3n) is 2.67. The van der Waals surface area contributed by atoms with Crippen molar-refractivity contribution in [1.29, 1.82) is 0 Å². The molecule has 0 aromatic heterocycles. The molecule has 0 N–H and O–H groups in total. The van der Waals surface area contributed by atoms with E-state index in [0.29, 0.717) is 6.42 Å². The van der Waals surface area contributed by atoms with Gasteiger partial charge in [0.2, 0.25) is 0 Å². The minimum absolute atomic E-state index is 0.0454. The van der Waals surface area contributed by atoms with Crippen LogP contribution >= 0.6 is 0 Å². The lowest BCUT2D eigenvalue weighted by Crippen LogP contribution is -2.14. The average Bonchev–Trinajstić information content (AvgIpc) is 2.30. The summed E-state index contributed by atoms with van der Waals surface area (Å²) < 4.78 is 0. The number of carbonyl (C=O) groups excluding carboxylic acids is 1. The van der Waals surface area contributed by atoms with Crippen LogP contribution in [0.2, 0.25) is 0 Å². The summed E-state index contributed by atoms with van der Waals surface area (Å²) in [6.07, 6.45) is 7.96. The van der Waals surface area contributed by atoms with Crippen molar-refractivity contribution >= 4 is 5.97 Å². The van der Waals surface area contributed by atoms with E-state index in [1.165, 1.54) is 19.3 Å². The molecule has 0 aliphatic rings. The molecule has 0 unspecified atom stereocenters. The zero-order chi connectivity index (χ0) is 12.2. The molecular weight excluding hydrogens is 204 g/mol. The molecule has 3 nitrogen and oxygen atoms in total. The summed E-state index contributed by atoms with van der Waals surface area (Å²) in [7, 11) is 0. The van der Waals surface area contributed by atoms with Gasteiger partial charge in [0, 0.05) is 6.42 Å². The van der Waals surface area contributed by atoms with Gasteiger partial charge in [0.15, 0.2) is 0 Å². The van der Waals surface area contributed by atoms with Crippen LogP contribution < -0.4 is 0 Å². The lowest BCUT2D eigenvalue weighted by Gasteiger charge is -2.11. The van der Waals surface area contributed by atoms with E-state index in [2.05, 4.69) is 6.92 Å². The van der Waals surface area contributed by atoms with Gasteiger partial charge in [-0.25, -0.2) is 4.79 Å². The van der Waals surface area contributed by atoms with E-state index in [1.807, 2.05) is 13.8 Å². The second-order valence-corrected chi connectivity index (χ2v) is 4.15. The van der Waals surface area contributed by atoms with Gasteiger partial charge in [-0.15, -0.1) is 0 Å². The number of hydrogen-bond acceptors (Lipinski definition) is 3. The SMILES string of the molecule is CCCCCCCC(=O)OOC(CC)CC. The highest BCUT2D eigenvalue weighted by molar-refractivity contribution is 5.68. The van der Waals surface area contributed by atoms with Crippen LogP contribution in [0.4, 0.5) is 0 Å². The summed E-state index contributed by atoms with van der Waals surface area (Å²) in [5.74, 6) is -0.233. The first-order valence-corrected chi connectivity index (χ1v) is 6.60. The van der Waals surface area contributed by atoms with Crippen LogP contribution in [0.1, 0.15) is 72.1 Å². The largest absolute Gasteiger partial charge is 0.342 e. The number of unbranched alkanes of at least 4 members (excludes halogenated alkanes) is 4. The van der Waals surface area contributed by atoms with Gasteiger partial charge in [-0.05, 0) is 19.3 Å². The van der Waals surface area contributed by atoms with Gasteiger partial charge >= 0.3 is 5.97 Å². The van der Waals surface area contributed by atoms with Crippen molar-refractivity contribution in [2.75, 3.05) is 0 Å². The van der Waals surface area contributed by atoms with E-state index in [9.17, 15) is 4.79 Å². The molecule has 0 spiro atoms. The number of hydrogen-bond donors (Lipinski definition) is 0. The Hall–Kier alpha value is -0.570. The fourth-order valence-electron chi connectivity index (χ4n) is 1.46. The Balaban J connectivity index is 3.37. The Morgan fingerprint density at radius 3 is 2.19 bits per heavy atom. The molecular formula is C13H26O3. The summed E-state index contributed by atoms with van der Waals surface area (Å²) in [6.45, 7) is 6.22. The molecule has 0 aliphatic carbocycles. The van der Waals surface area contributed by atoms with Crippen molar-refractivity contribution in [2.45, 2.75) is 78.2 Å². The van der Waals surface area contributed by atoms with Gasteiger partial charge in [0.25, 0.3) is 0 Å². The lowest BCUT2D eigenvalue weighted by atomic mass is 10.1. The molecule has 0 bridgehead atoms. The van der Waals surface area contributed by atoms with Crippen LogP contribution in [0.3, 0.4) is 0 Å². The minimum Gasteiger partial charge on any atom is -0.298 e. The maximum Gasteiger partial charge on any atom is 0.342 e. The molecule has 0 saturated heterocycles. The van der Waals surface area contributed by atoms with Crippen molar-refractivity contribution in [3.63, 3.8) is 0 Å². The molecule has 96 valence electrons. The Labute approximate surface area is 99.4 Å². The molecule has 0 fully saturated rings. The predicted octanol–water partition coefficient (Wildman–Crippen LogP) is 4.01. The minimum atomic E-state index is -0.233. The second-order valence-electron chi connectivity index (χ2n) is 4.15. The Kier molecular flexibility index (Phi) is 10.5. The maximum atomic E-state index is 11.3. The van der Waals surface area contributed by atoms with Crippen LogP contribution in [0, 0.1) is 0 Å². The summed E-state index contributed by atoms with van der Waals surface area (Å²) >= 11 is 0. The van der Waals surface area contributed by atoms with Crippen LogP contribution in [-0.2, 0) is 14.6 Å². The quantitative estimate of drug-likeness (QED) is 0.323. The smallest absolute Gasteiger partial charge is 0.298 e. The normalized spacial score (nSPS) is 10.8. The van der Waals surface area contributed by atoms with Crippen LogP contribution in [-0.4, -0.2) is 12.1 Å². The molecule has 0 radical (unpaired) electrons. The van der Waals surface area contributed by atoms with Crippen molar-refractivity contribution in [3.05, 3.63) is 0 Å². The molecule has 0 rings (SSSR count). The summed E-state index contributed by atoms with van der Waals surface area (Å²) in [5.41, 5.74) is 0. The van der Waals surface area contributed by atoms with E-state index >= 15 is 0 Å². The second kappa shape index (κ2) is 10.9. The fourth-order valence-corrected chi connectivity index (χ4v) is 1.46. The third-order valence-corrected chi connectivity index (χ3v) is 2.67. The van der Waals surface area contributed by atoms with Gasteiger partial charge in [-0.2, -0.15) is 4.89 Å². The topological polar surface area (TPSA) is 35.5 Å². The zero-order valence-electron chi connectivity index (χ0n) is 11.0. The monoisotopic (exact) mass is 230 g/mol. The van der Waals surface area contributed by atoms with Crippen molar-refractivity contribution in [2.24, 2.45) is 0 Å². The van der Waals surface area contributed by atoms with Crippen LogP contribution in [0.25, 0.3) is 0 Å². The van der Waals surface area contributed by atoms with E-state index in [-0.39, 0.29) is 12.1 Å². The molecule has 0 aromatic rings. The van der Waals surface area contributed by atoms with E-state index in [1.54, 1.807) is 0 Å². The summed E-state index contributed by atoms with van der Waals surface area (Å²) in [4.78, 5) is 21.0. The van der Waals surface area contributed by atoms with Gasteiger partial charge in [-0.3, -0.25) is 4.89 Å². The van der Waals surface area contributed by atoms with Crippen molar-refractivity contribution in [3.8, 4) is 0 Å². The van der Waals surface area contributed by atoms with Crippen LogP contribution in [0.5, 0.6) is 0 Å². The molecule has 0 atom stereocenters. The maximum absolute atomic E-state index is 11.3. The standard InChI is InChI=1S/C13H26O3/c1-4-7-8-9-10-11-13(14)16-15-12(5-2)6-3/h12H,4-11H2,1-3H3. The van der Waals surface area contributed by atoms with Crippen molar-refractivity contribution in [1.82, 2.24) is 0 Å². The highest BCUT2D eigenvalue weighted by Crippen LogP contribution is 2.08. The first-order chi connectivity index (χ1) is 7.74. The molecule has 0 aliphatic heterocycles. The first kappa shape index (κ1) is 15.4. The molecule has 3 heteroatoms. The average molecular weight is 230 g/mol. The molecule has 16 heavy (non-hydrogen) atoms. The predicted molar refractivity (Wildman–Crippen MR) is 64.9 cm³/mol. The molecule has 0 aromatic carbocycles. The van der Waals surface area contributed by atoms with Gasteiger partial charge in [-0.1, -0.05) is 46.5 Å². The third kappa shape index (κ3) is 8.72. The Morgan fingerprint density at radius 1 is 1.00 bits per heavy atom. The highest BCUT2D eigenvalue weighted by atomic mass is 17.2. The van der Waals surface area contributed by atoms with E-state index in [4.69, 9.17) is 9.78 Å². The van der Waals surface area contributed by atoms with Gasteiger partial charge in [0.1, 0.15) is 6.10 Å². The van der Waals surface area contributed by atoms with E-state index < -0.39 is 0 Å². The van der Waals surface area contributed by atoms with Gasteiger partial charge in [0.05, 0.1) is 0 Å². The Bertz CT molecular complexity index is 165. The summed E-state index contributed by atoms with van der Waals surface area (Å²) in [5, 5.41) is 0. The van der Waals surface area contributed by atoms with Gasteiger partial charge < -0.3 is 0 Å².